The van der Waals surface area contributed by atoms with E-state index in [4.69, 9.17) is 10.5 Å². The summed E-state index contributed by atoms with van der Waals surface area (Å²) in [5.74, 6) is -0.419. The minimum atomic E-state index is -0.508. The third-order valence-corrected chi connectivity index (χ3v) is 2.88. The summed E-state index contributed by atoms with van der Waals surface area (Å²) in [6.45, 7) is 0.889. The maximum absolute atomic E-state index is 12.8. The summed E-state index contributed by atoms with van der Waals surface area (Å²) >= 11 is 0. The van der Waals surface area contributed by atoms with Gasteiger partial charge in [-0.05, 0) is 30.5 Å². The van der Waals surface area contributed by atoms with E-state index < -0.39 is 6.10 Å². The summed E-state index contributed by atoms with van der Waals surface area (Å²) in [5, 5.41) is 2.75. The normalized spacial score (nSPS) is 12.6. The number of benzene rings is 1. The van der Waals surface area contributed by atoms with E-state index in [0.29, 0.717) is 25.9 Å². The lowest BCUT2D eigenvalue weighted by molar-refractivity contribution is -0.131. The molecule has 0 heterocycles. The lowest BCUT2D eigenvalue weighted by atomic mass is 10.1. The van der Waals surface area contributed by atoms with Crippen molar-refractivity contribution in [2.75, 3.05) is 20.2 Å². The molecule has 0 unspecified atom stereocenters. The number of carbonyl (C=O) groups is 1. The number of amides is 1. The summed E-state index contributed by atoms with van der Waals surface area (Å²) < 4.78 is 18.0. The van der Waals surface area contributed by atoms with Crippen molar-refractivity contribution in [3.05, 3.63) is 47.8 Å². The molecule has 1 aromatic carbocycles. The predicted octanol–water partition coefficient (Wildman–Crippen LogP) is 1.40. The van der Waals surface area contributed by atoms with E-state index in [9.17, 15) is 9.18 Å². The number of hydrogen-bond donors (Lipinski definition) is 2. The van der Waals surface area contributed by atoms with Gasteiger partial charge in [0.25, 0.3) is 0 Å². The molecule has 0 fully saturated rings. The molecule has 1 atom stereocenters. The van der Waals surface area contributed by atoms with Crippen LogP contribution in [0.5, 0.6) is 0 Å². The molecule has 1 rings (SSSR count). The molecule has 0 aliphatic heterocycles. The number of ether oxygens (including phenoxy) is 1. The van der Waals surface area contributed by atoms with Gasteiger partial charge in [-0.25, -0.2) is 4.39 Å². The van der Waals surface area contributed by atoms with Crippen LogP contribution >= 0.6 is 0 Å². The second kappa shape index (κ2) is 9.23. The third-order valence-electron chi connectivity index (χ3n) is 2.88. The Morgan fingerprint density at radius 3 is 2.70 bits per heavy atom. The van der Waals surface area contributed by atoms with Gasteiger partial charge in [-0.1, -0.05) is 24.3 Å². The van der Waals surface area contributed by atoms with Crippen LogP contribution in [0.4, 0.5) is 4.39 Å². The van der Waals surface area contributed by atoms with Crippen molar-refractivity contribution in [1.82, 2.24) is 5.32 Å². The number of hydrogen-bond acceptors (Lipinski definition) is 3. The van der Waals surface area contributed by atoms with Gasteiger partial charge in [0.2, 0.25) is 5.91 Å². The summed E-state index contributed by atoms with van der Waals surface area (Å²) in [4.78, 5) is 11.9. The lowest BCUT2D eigenvalue weighted by Gasteiger charge is -2.14. The van der Waals surface area contributed by atoms with Gasteiger partial charge >= 0.3 is 0 Å². The van der Waals surface area contributed by atoms with Gasteiger partial charge in [0, 0.05) is 20.2 Å². The average molecular weight is 280 g/mol. The summed E-state index contributed by atoms with van der Waals surface area (Å²) in [6.07, 6.45) is 4.27. The number of halogens is 1. The molecule has 1 aromatic rings. The summed E-state index contributed by atoms with van der Waals surface area (Å²) in [5.41, 5.74) is 6.28. The number of rotatable bonds is 8. The molecular formula is C15H21FN2O2. The van der Waals surface area contributed by atoms with Crippen molar-refractivity contribution in [3.63, 3.8) is 0 Å². The fraction of sp³-hybridized carbons (Fsp3) is 0.400. The van der Waals surface area contributed by atoms with Crippen molar-refractivity contribution in [2.45, 2.75) is 18.9 Å². The highest BCUT2D eigenvalue weighted by atomic mass is 19.1. The molecule has 1 amide bonds. The maximum atomic E-state index is 12.8. The van der Waals surface area contributed by atoms with E-state index in [1.165, 1.54) is 19.2 Å². The van der Waals surface area contributed by atoms with E-state index in [2.05, 4.69) is 5.32 Å². The van der Waals surface area contributed by atoms with Crippen LogP contribution in [0.2, 0.25) is 0 Å². The number of nitrogens with two attached hydrogens (primary N) is 1. The smallest absolute Gasteiger partial charge is 0.249 e. The number of methoxy groups -OCH3 is 1. The number of nitrogens with one attached hydrogen (secondary N) is 1. The molecule has 0 radical (unpaired) electrons. The fourth-order valence-electron chi connectivity index (χ4n) is 1.76. The van der Waals surface area contributed by atoms with E-state index in [1.54, 1.807) is 24.3 Å². The SMILES string of the molecule is CO[C@@H](CCc1ccc(F)cc1)C(=O)NC/C=C/CN. The van der Waals surface area contributed by atoms with E-state index in [-0.39, 0.29) is 11.7 Å². The van der Waals surface area contributed by atoms with Crippen molar-refractivity contribution < 1.29 is 13.9 Å². The highest BCUT2D eigenvalue weighted by Gasteiger charge is 2.16. The molecule has 0 saturated carbocycles. The minimum absolute atomic E-state index is 0.156. The van der Waals surface area contributed by atoms with Crippen molar-refractivity contribution in [1.29, 1.82) is 0 Å². The van der Waals surface area contributed by atoms with Gasteiger partial charge in [-0.3, -0.25) is 4.79 Å². The average Bonchev–Trinajstić information content (AvgIpc) is 2.46. The molecule has 20 heavy (non-hydrogen) atoms. The van der Waals surface area contributed by atoms with Gasteiger partial charge in [-0.15, -0.1) is 0 Å². The molecule has 0 aliphatic rings. The van der Waals surface area contributed by atoms with Crippen LogP contribution in [0, 0.1) is 5.82 Å². The molecule has 4 nitrogen and oxygen atoms in total. The number of carbonyl (C=O) groups excluding carboxylic acids is 1. The van der Waals surface area contributed by atoms with Crippen LogP contribution in [0.25, 0.3) is 0 Å². The standard InChI is InChI=1S/C15H21FN2O2/c1-20-14(15(19)18-11-3-2-10-17)9-6-12-4-7-13(16)8-5-12/h2-5,7-8,14H,6,9-11,17H2,1H3,(H,18,19)/b3-2+/t14-/m0/s1. The lowest BCUT2D eigenvalue weighted by Crippen LogP contribution is -2.36. The van der Waals surface area contributed by atoms with E-state index >= 15 is 0 Å². The molecule has 5 heteroatoms. The van der Waals surface area contributed by atoms with Crippen molar-refractivity contribution in [3.8, 4) is 0 Å². The highest BCUT2D eigenvalue weighted by molar-refractivity contribution is 5.80. The summed E-state index contributed by atoms with van der Waals surface area (Å²) in [6, 6.07) is 6.25. The van der Waals surface area contributed by atoms with Gasteiger partial charge in [0.1, 0.15) is 11.9 Å². The van der Waals surface area contributed by atoms with Crippen LogP contribution in [0.3, 0.4) is 0 Å². The topological polar surface area (TPSA) is 64.3 Å². The van der Waals surface area contributed by atoms with Gasteiger partial charge in [0.05, 0.1) is 0 Å². The molecule has 110 valence electrons. The molecule has 3 N–H and O–H groups in total. The first-order valence-electron chi connectivity index (χ1n) is 6.57. The molecule has 0 aliphatic carbocycles. The van der Waals surface area contributed by atoms with E-state index in [1.807, 2.05) is 0 Å². The molecule has 0 bridgehead atoms. The molecular weight excluding hydrogens is 259 g/mol. The Balaban J connectivity index is 2.40. The minimum Gasteiger partial charge on any atom is -0.372 e. The van der Waals surface area contributed by atoms with Crippen LogP contribution < -0.4 is 11.1 Å². The largest absolute Gasteiger partial charge is 0.372 e. The Morgan fingerprint density at radius 1 is 1.40 bits per heavy atom. The number of aryl methyl sites for hydroxylation is 1. The van der Waals surface area contributed by atoms with Crippen LogP contribution in [0.15, 0.2) is 36.4 Å². The predicted molar refractivity (Wildman–Crippen MR) is 76.7 cm³/mol. The Kier molecular flexibility index (Phi) is 7.54. The van der Waals surface area contributed by atoms with Gasteiger partial charge in [-0.2, -0.15) is 0 Å². The van der Waals surface area contributed by atoms with Crippen LogP contribution in [-0.4, -0.2) is 32.2 Å². The Bertz CT molecular complexity index is 432. The van der Waals surface area contributed by atoms with Crippen LogP contribution in [-0.2, 0) is 16.0 Å². The Morgan fingerprint density at radius 2 is 2.10 bits per heavy atom. The quantitative estimate of drug-likeness (QED) is 0.708. The fourth-order valence-corrected chi connectivity index (χ4v) is 1.76. The van der Waals surface area contributed by atoms with Crippen molar-refractivity contribution in [2.24, 2.45) is 5.73 Å². The zero-order chi connectivity index (χ0) is 14.8. The maximum Gasteiger partial charge on any atom is 0.249 e. The zero-order valence-corrected chi connectivity index (χ0v) is 11.6. The molecule has 0 saturated heterocycles. The van der Waals surface area contributed by atoms with Gasteiger partial charge < -0.3 is 15.8 Å². The molecule has 0 aromatic heterocycles. The Hall–Kier alpha value is -1.72. The monoisotopic (exact) mass is 280 g/mol. The first-order chi connectivity index (χ1) is 9.67. The van der Waals surface area contributed by atoms with Crippen molar-refractivity contribution >= 4 is 5.91 Å². The van der Waals surface area contributed by atoms with Crippen LogP contribution in [0.1, 0.15) is 12.0 Å². The molecule has 0 spiro atoms. The summed E-state index contributed by atoms with van der Waals surface area (Å²) in [7, 11) is 1.50. The zero-order valence-electron chi connectivity index (χ0n) is 11.6. The second-order valence-corrected chi connectivity index (χ2v) is 4.34. The van der Waals surface area contributed by atoms with E-state index in [0.717, 1.165) is 5.56 Å². The van der Waals surface area contributed by atoms with Gasteiger partial charge in [0.15, 0.2) is 0 Å². The third kappa shape index (κ3) is 5.95. The second-order valence-electron chi connectivity index (χ2n) is 4.34. The first kappa shape index (κ1) is 16.3. The Labute approximate surface area is 118 Å². The first-order valence-corrected chi connectivity index (χ1v) is 6.57. The highest BCUT2D eigenvalue weighted by Crippen LogP contribution is 2.08.